The molecule has 2 aromatic heterocycles. The minimum absolute atomic E-state index is 0.106. The zero-order valence-corrected chi connectivity index (χ0v) is 17.8. The van der Waals surface area contributed by atoms with Crippen molar-refractivity contribution in [1.29, 1.82) is 0 Å². The number of nitrogens with one attached hydrogen (secondary N) is 3. The molecule has 4 aromatic rings. The fraction of sp³-hybridized carbons (Fsp3) is 0.125. The molecular weight excluding hydrogens is 418 g/mol. The van der Waals surface area contributed by atoms with Crippen molar-refractivity contribution in [2.45, 2.75) is 12.3 Å². The van der Waals surface area contributed by atoms with Crippen LogP contribution < -0.4 is 10.6 Å². The number of aryl methyl sites for hydroxylation is 1. The topological polar surface area (TPSA) is 117 Å². The van der Waals surface area contributed by atoms with Gasteiger partial charge in [-0.05, 0) is 41.3 Å². The van der Waals surface area contributed by atoms with Crippen LogP contribution in [0.4, 0.5) is 17.2 Å². The summed E-state index contributed by atoms with van der Waals surface area (Å²) in [5.74, 6) is -0.182. The van der Waals surface area contributed by atoms with E-state index in [2.05, 4.69) is 30.9 Å². The van der Waals surface area contributed by atoms with Gasteiger partial charge in [-0.3, -0.25) is 19.4 Å². The number of aromatic amines is 1. The van der Waals surface area contributed by atoms with E-state index < -0.39 is 5.92 Å². The average molecular weight is 439 g/mol. The van der Waals surface area contributed by atoms with Crippen LogP contribution in [0.5, 0.6) is 0 Å². The molecule has 2 amide bonds. The lowest BCUT2D eigenvalue weighted by Gasteiger charge is -2.09. The van der Waals surface area contributed by atoms with Crippen LogP contribution in [-0.2, 0) is 18.3 Å². The molecule has 0 radical (unpaired) electrons. The number of rotatable bonds is 6. The molecule has 164 valence electrons. The molecule has 0 fully saturated rings. The molecule has 2 aromatic carbocycles. The molecule has 0 spiro atoms. The molecule has 1 aliphatic heterocycles. The van der Waals surface area contributed by atoms with Crippen LogP contribution in [0.25, 0.3) is 0 Å². The predicted octanol–water partition coefficient (Wildman–Crippen LogP) is 3.42. The average Bonchev–Trinajstić information content (AvgIpc) is 3.53. The maximum absolute atomic E-state index is 12.5. The maximum Gasteiger partial charge on any atom is 0.258 e. The normalized spacial score (nSPS) is 14.9. The molecule has 9 nitrogen and oxygen atoms in total. The number of carbonyl (C=O) groups is 2. The summed E-state index contributed by atoms with van der Waals surface area (Å²) >= 11 is 0. The maximum atomic E-state index is 12.5. The van der Waals surface area contributed by atoms with Gasteiger partial charge in [-0.2, -0.15) is 10.2 Å². The number of fused-ring (bicyclic) bond motifs is 1. The molecule has 3 N–H and O–H groups in total. The molecule has 1 unspecified atom stereocenters. The number of anilines is 2. The van der Waals surface area contributed by atoms with Crippen LogP contribution in [0.2, 0.25) is 0 Å². The zero-order chi connectivity index (χ0) is 22.8. The van der Waals surface area contributed by atoms with Gasteiger partial charge in [0.1, 0.15) is 11.7 Å². The largest absolute Gasteiger partial charge is 0.325 e. The monoisotopic (exact) mass is 439 g/mol. The highest BCUT2D eigenvalue weighted by atomic mass is 16.2. The number of amides is 2. The lowest BCUT2D eigenvalue weighted by atomic mass is 9.96. The van der Waals surface area contributed by atoms with Gasteiger partial charge < -0.3 is 10.6 Å². The number of nitrogens with zero attached hydrogens (tertiary/aromatic N) is 4. The van der Waals surface area contributed by atoms with Gasteiger partial charge in [0.15, 0.2) is 0 Å². The quantitative estimate of drug-likeness (QED) is 0.399. The first-order valence-electron chi connectivity index (χ1n) is 10.4. The minimum Gasteiger partial charge on any atom is -0.325 e. The number of H-pyrrole nitrogens is 1. The zero-order valence-electron chi connectivity index (χ0n) is 17.8. The molecular formula is C24H21N7O2. The van der Waals surface area contributed by atoms with E-state index in [0.717, 1.165) is 22.4 Å². The number of carbonyl (C=O) groups excluding carboxylic acids is 2. The van der Waals surface area contributed by atoms with Crippen molar-refractivity contribution < 1.29 is 9.59 Å². The Morgan fingerprint density at radius 2 is 2.09 bits per heavy atom. The smallest absolute Gasteiger partial charge is 0.258 e. The van der Waals surface area contributed by atoms with Gasteiger partial charge in [-0.1, -0.05) is 24.3 Å². The molecule has 1 atom stereocenters. The number of aromatic nitrogens is 4. The van der Waals surface area contributed by atoms with E-state index in [1.807, 2.05) is 42.5 Å². The van der Waals surface area contributed by atoms with E-state index in [1.54, 1.807) is 36.4 Å². The molecule has 0 saturated carbocycles. The Labute approximate surface area is 189 Å². The van der Waals surface area contributed by atoms with Crippen LogP contribution in [-0.4, -0.2) is 38.0 Å². The van der Waals surface area contributed by atoms with Gasteiger partial charge >= 0.3 is 0 Å². The Morgan fingerprint density at radius 1 is 1.21 bits per heavy atom. The van der Waals surface area contributed by atoms with Crippen molar-refractivity contribution in [3.63, 3.8) is 0 Å². The van der Waals surface area contributed by atoms with Gasteiger partial charge in [-0.25, -0.2) is 4.99 Å². The molecule has 0 saturated heterocycles. The van der Waals surface area contributed by atoms with Crippen molar-refractivity contribution in [3.8, 4) is 0 Å². The summed E-state index contributed by atoms with van der Waals surface area (Å²) in [5, 5.41) is 16.5. The Bertz CT molecular complexity index is 1350. The van der Waals surface area contributed by atoms with Crippen molar-refractivity contribution in [2.75, 3.05) is 10.6 Å². The van der Waals surface area contributed by atoms with Gasteiger partial charge in [0, 0.05) is 36.9 Å². The second-order valence-corrected chi connectivity index (χ2v) is 7.84. The molecule has 3 heterocycles. The van der Waals surface area contributed by atoms with Crippen molar-refractivity contribution in [2.24, 2.45) is 12.0 Å². The lowest BCUT2D eigenvalue weighted by molar-refractivity contribution is -0.115. The van der Waals surface area contributed by atoms with Crippen molar-refractivity contribution in [3.05, 3.63) is 89.4 Å². The summed E-state index contributed by atoms with van der Waals surface area (Å²) in [4.78, 5) is 29.2. The summed E-state index contributed by atoms with van der Waals surface area (Å²) in [6.07, 6.45) is 7.10. The summed E-state index contributed by atoms with van der Waals surface area (Å²) in [7, 11) is 1.77. The van der Waals surface area contributed by atoms with Gasteiger partial charge in [0.05, 0.1) is 18.0 Å². The molecule has 0 bridgehead atoms. The molecule has 33 heavy (non-hydrogen) atoms. The third-order valence-corrected chi connectivity index (χ3v) is 5.40. The van der Waals surface area contributed by atoms with Crippen LogP contribution in [0.1, 0.15) is 33.0 Å². The van der Waals surface area contributed by atoms with Gasteiger partial charge in [-0.15, -0.1) is 0 Å². The standard InChI is InChI=1S/C24H21N7O2/c1-31-14-17(12-27-31)23(32)28-18-4-2-3-15(10-18)9-16-5-6-21-19(11-16)20(24(33)29-21)13-25-22-7-8-26-30-22/h2-8,10-14,20H,9H2,1H3,(H,26,30)(H,28,32)(H,29,33). The highest BCUT2D eigenvalue weighted by Gasteiger charge is 2.29. The first-order valence-corrected chi connectivity index (χ1v) is 10.4. The van der Waals surface area contributed by atoms with Gasteiger partial charge in [0.2, 0.25) is 5.91 Å². The van der Waals surface area contributed by atoms with Crippen LogP contribution in [0, 0.1) is 0 Å². The summed E-state index contributed by atoms with van der Waals surface area (Å²) in [6, 6.07) is 15.4. The number of hydrogen-bond donors (Lipinski definition) is 3. The Balaban J connectivity index is 1.33. The first kappa shape index (κ1) is 20.4. The van der Waals surface area contributed by atoms with E-state index in [4.69, 9.17) is 0 Å². The Hall–Kier alpha value is -4.53. The predicted molar refractivity (Wildman–Crippen MR) is 125 cm³/mol. The molecule has 5 rings (SSSR count). The summed E-state index contributed by atoms with van der Waals surface area (Å²) < 4.78 is 1.59. The van der Waals surface area contributed by atoms with Crippen LogP contribution in [0.3, 0.4) is 0 Å². The van der Waals surface area contributed by atoms with E-state index >= 15 is 0 Å². The van der Waals surface area contributed by atoms with E-state index in [1.165, 1.54) is 6.20 Å². The third-order valence-electron chi connectivity index (χ3n) is 5.40. The van der Waals surface area contributed by atoms with Crippen LogP contribution >= 0.6 is 0 Å². The number of aliphatic imine (C=N–C) groups is 1. The number of hydrogen-bond acceptors (Lipinski definition) is 5. The van der Waals surface area contributed by atoms with Crippen molar-refractivity contribution >= 4 is 35.2 Å². The number of benzene rings is 2. The Morgan fingerprint density at radius 3 is 2.88 bits per heavy atom. The minimum atomic E-state index is -0.464. The second kappa shape index (κ2) is 8.54. The SMILES string of the molecule is Cn1cc(C(=O)Nc2cccc(Cc3ccc4c(c3)C(C=Nc3ccn[nH]3)C(=O)N4)c2)cn1. The third kappa shape index (κ3) is 4.42. The van der Waals surface area contributed by atoms with Crippen molar-refractivity contribution in [1.82, 2.24) is 20.0 Å². The van der Waals surface area contributed by atoms with Crippen LogP contribution in [0.15, 0.2) is 72.1 Å². The fourth-order valence-electron chi connectivity index (χ4n) is 3.80. The molecule has 1 aliphatic rings. The highest BCUT2D eigenvalue weighted by molar-refractivity contribution is 6.12. The van der Waals surface area contributed by atoms with E-state index in [0.29, 0.717) is 23.5 Å². The highest BCUT2D eigenvalue weighted by Crippen LogP contribution is 2.33. The first-order chi connectivity index (χ1) is 16.0. The van der Waals surface area contributed by atoms with E-state index in [-0.39, 0.29) is 11.8 Å². The van der Waals surface area contributed by atoms with E-state index in [9.17, 15) is 9.59 Å². The fourth-order valence-corrected chi connectivity index (χ4v) is 3.80. The lowest BCUT2D eigenvalue weighted by Crippen LogP contribution is -2.12. The summed E-state index contributed by atoms with van der Waals surface area (Å²) in [5.41, 5.74) is 4.99. The Kier molecular flexibility index (Phi) is 5.27. The van der Waals surface area contributed by atoms with Gasteiger partial charge in [0.25, 0.3) is 5.91 Å². The molecule has 0 aliphatic carbocycles. The molecule has 9 heteroatoms. The summed E-state index contributed by atoms with van der Waals surface area (Å²) in [6.45, 7) is 0. The second-order valence-electron chi connectivity index (χ2n) is 7.84.